The topological polar surface area (TPSA) is 64.7 Å². The molecule has 2 atom stereocenters. The Morgan fingerprint density at radius 3 is 2.24 bits per heavy atom. The minimum Gasteiger partial charge on any atom is -0.339 e. The third-order valence-corrected chi connectivity index (χ3v) is 5.78. The van der Waals surface area contributed by atoms with Crippen molar-refractivity contribution in [1.82, 2.24) is 20.4 Å². The van der Waals surface area contributed by atoms with Gasteiger partial charge in [0.15, 0.2) is 0 Å². The van der Waals surface area contributed by atoms with Crippen molar-refractivity contribution in [3.05, 3.63) is 0 Å². The molecule has 0 aromatic carbocycles. The van der Waals surface area contributed by atoms with Gasteiger partial charge in [-0.2, -0.15) is 0 Å². The molecular formula is C18H33ClN4O2. The van der Waals surface area contributed by atoms with Crippen molar-refractivity contribution < 1.29 is 9.59 Å². The van der Waals surface area contributed by atoms with E-state index in [1.165, 1.54) is 19.3 Å². The molecule has 1 aliphatic carbocycles. The third-order valence-electron chi connectivity index (χ3n) is 5.78. The van der Waals surface area contributed by atoms with E-state index in [0.717, 1.165) is 32.2 Å². The van der Waals surface area contributed by atoms with Crippen molar-refractivity contribution in [1.29, 1.82) is 0 Å². The molecule has 0 aromatic heterocycles. The number of piperidine rings is 1. The zero-order valence-electron chi connectivity index (χ0n) is 15.3. The van der Waals surface area contributed by atoms with Gasteiger partial charge >= 0.3 is 6.03 Å². The molecular weight excluding hydrogens is 340 g/mol. The average Bonchev–Trinajstić information content (AvgIpc) is 2.62. The summed E-state index contributed by atoms with van der Waals surface area (Å²) >= 11 is 0. The summed E-state index contributed by atoms with van der Waals surface area (Å²) in [4.78, 5) is 28.9. The van der Waals surface area contributed by atoms with Crippen LogP contribution in [-0.4, -0.2) is 66.5 Å². The van der Waals surface area contributed by atoms with Crippen molar-refractivity contribution in [3.63, 3.8) is 0 Å². The van der Waals surface area contributed by atoms with Crippen LogP contribution < -0.4 is 10.6 Å². The van der Waals surface area contributed by atoms with Gasteiger partial charge in [0, 0.05) is 44.2 Å². The molecule has 2 N–H and O–H groups in total. The second-order valence-electron chi connectivity index (χ2n) is 7.67. The molecule has 0 spiro atoms. The first kappa shape index (κ1) is 20.3. The van der Waals surface area contributed by atoms with Crippen LogP contribution in [0.3, 0.4) is 0 Å². The highest BCUT2D eigenvalue weighted by Gasteiger charge is 2.31. The van der Waals surface area contributed by atoms with E-state index < -0.39 is 0 Å². The Hall–Kier alpha value is -1.01. The fraction of sp³-hybridized carbons (Fsp3) is 0.889. The minimum atomic E-state index is 0. The van der Waals surface area contributed by atoms with Gasteiger partial charge in [0.2, 0.25) is 5.91 Å². The van der Waals surface area contributed by atoms with Crippen LogP contribution in [0.25, 0.3) is 0 Å². The largest absolute Gasteiger partial charge is 0.339 e. The van der Waals surface area contributed by atoms with Crippen LogP contribution >= 0.6 is 12.4 Å². The van der Waals surface area contributed by atoms with Crippen LogP contribution in [0.1, 0.15) is 51.9 Å². The maximum Gasteiger partial charge on any atom is 0.317 e. The predicted molar refractivity (Wildman–Crippen MR) is 101 cm³/mol. The Labute approximate surface area is 157 Å². The summed E-state index contributed by atoms with van der Waals surface area (Å²) < 4.78 is 0. The van der Waals surface area contributed by atoms with E-state index in [2.05, 4.69) is 17.6 Å². The normalized spacial score (nSPS) is 28.2. The van der Waals surface area contributed by atoms with Gasteiger partial charge in [-0.3, -0.25) is 4.79 Å². The lowest BCUT2D eigenvalue weighted by molar-refractivity contribution is -0.138. The number of urea groups is 1. The molecule has 0 radical (unpaired) electrons. The number of halogens is 1. The molecule has 3 rings (SSSR count). The van der Waals surface area contributed by atoms with E-state index in [1.807, 2.05) is 9.80 Å². The molecule has 3 amide bonds. The first-order valence-corrected chi connectivity index (χ1v) is 9.71. The second-order valence-corrected chi connectivity index (χ2v) is 7.67. The molecule has 3 aliphatic rings. The maximum absolute atomic E-state index is 12.7. The van der Waals surface area contributed by atoms with E-state index in [4.69, 9.17) is 0 Å². The van der Waals surface area contributed by atoms with Gasteiger partial charge in [-0.1, -0.05) is 19.3 Å². The van der Waals surface area contributed by atoms with E-state index >= 15 is 0 Å². The smallest absolute Gasteiger partial charge is 0.317 e. The molecule has 7 heteroatoms. The zero-order valence-corrected chi connectivity index (χ0v) is 16.2. The van der Waals surface area contributed by atoms with Gasteiger partial charge in [-0.15, -0.1) is 12.4 Å². The van der Waals surface area contributed by atoms with Crippen LogP contribution in [0.2, 0.25) is 0 Å². The summed E-state index contributed by atoms with van der Waals surface area (Å²) in [5.41, 5.74) is 0. The lowest BCUT2D eigenvalue weighted by atomic mass is 9.92. The predicted octanol–water partition coefficient (Wildman–Crippen LogP) is 1.98. The molecule has 2 aliphatic heterocycles. The van der Waals surface area contributed by atoms with Crippen molar-refractivity contribution >= 4 is 24.3 Å². The standard InChI is InChI=1S/C18H32N4O2.ClH/c1-14-13-15(7-8-19-14)17(23)21-9-11-22(12-10-21)18(24)20-16-5-3-2-4-6-16;/h14-16,19H,2-13H2,1H3,(H,20,24);1H/t14-,15-;/m0./s1. The number of hydrogen-bond acceptors (Lipinski definition) is 3. The number of rotatable bonds is 2. The van der Waals surface area contributed by atoms with Crippen molar-refractivity contribution in [2.75, 3.05) is 32.7 Å². The Kier molecular flexibility index (Phi) is 7.81. The Balaban J connectivity index is 0.00000225. The van der Waals surface area contributed by atoms with E-state index in [9.17, 15) is 9.59 Å². The number of nitrogens with one attached hydrogen (secondary N) is 2. The monoisotopic (exact) mass is 372 g/mol. The van der Waals surface area contributed by atoms with Gasteiger partial charge in [0.25, 0.3) is 0 Å². The van der Waals surface area contributed by atoms with Gasteiger partial charge in [0.05, 0.1) is 0 Å². The highest BCUT2D eigenvalue weighted by molar-refractivity contribution is 5.85. The Morgan fingerprint density at radius 2 is 1.60 bits per heavy atom. The molecule has 2 heterocycles. The molecule has 25 heavy (non-hydrogen) atoms. The van der Waals surface area contributed by atoms with Crippen LogP contribution in [0.5, 0.6) is 0 Å². The van der Waals surface area contributed by atoms with Crippen molar-refractivity contribution in [2.24, 2.45) is 5.92 Å². The molecule has 0 aromatic rings. The van der Waals surface area contributed by atoms with Crippen molar-refractivity contribution in [2.45, 2.75) is 64.0 Å². The summed E-state index contributed by atoms with van der Waals surface area (Å²) in [7, 11) is 0. The molecule has 0 bridgehead atoms. The first-order chi connectivity index (χ1) is 11.6. The van der Waals surface area contributed by atoms with Crippen LogP contribution in [0, 0.1) is 5.92 Å². The number of nitrogens with zero attached hydrogens (tertiary/aromatic N) is 2. The Morgan fingerprint density at radius 1 is 0.960 bits per heavy atom. The SMILES string of the molecule is C[C@H]1C[C@@H](C(=O)N2CCN(C(=O)NC3CCCCC3)CC2)CCN1.Cl. The molecule has 1 saturated carbocycles. The van der Waals surface area contributed by atoms with Crippen LogP contribution in [-0.2, 0) is 4.79 Å². The van der Waals surface area contributed by atoms with Crippen LogP contribution in [0.4, 0.5) is 4.79 Å². The van der Waals surface area contributed by atoms with Gasteiger partial charge < -0.3 is 20.4 Å². The van der Waals surface area contributed by atoms with Crippen LogP contribution in [0.15, 0.2) is 0 Å². The first-order valence-electron chi connectivity index (χ1n) is 9.71. The molecule has 2 saturated heterocycles. The van der Waals surface area contributed by atoms with Gasteiger partial charge in [0.1, 0.15) is 0 Å². The Bertz CT molecular complexity index is 448. The third kappa shape index (κ3) is 5.48. The summed E-state index contributed by atoms with van der Waals surface area (Å²) in [6.07, 6.45) is 7.83. The van der Waals surface area contributed by atoms with Gasteiger partial charge in [-0.05, 0) is 39.2 Å². The number of amides is 3. The van der Waals surface area contributed by atoms with E-state index in [0.29, 0.717) is 38.3 Å². The lowest BCUT2D eigenvalue weighted by Gasteiger charge is -2.38. The number of carbonyl (C=O) groups excluding carboxylic acids is 2. The lowest BCUT2D eigenvalue weighted by Crippen LogP contribution is -2.56. The highest BCUT2D eigenvalue weighted by Crippen LogP contribution is 2.20. The summed E-state index contributed by atoms with van der Waals surface area (Å²) in [6.45, 7) is 5.74. The van der Waals surface area contributed by atoms with E-state index in [1.54, 1.807) is 0 Å². The number of hydrogen-bond donors (Lipinski definition) is 2. The fourth-order valence-electron chi connectivity index (χ4n) is 4.26. The number of piperazine rings is 1. The summed E-state index contributed by atoms with van der Waals surface area (Å²) in [6, 6.07) is 0.835. The molecule has 144 valence electrons. The summed E-state index contributed by atoms with van der Waals surface area (Å²) in [5.74, 6) is 0.444. The summed E-state index contributed by atoms with van der Waals surface area (Å²) in [5, 5.41) is 6.58. The fourth-order valence-corrected chi connectivity index (χ4v) is 4.26. The second kappa shape index (κ2) is 9.62. The average molecular weight is 373 g/mol. The molecule has 3 fully saturated rings. The maximum atomic E-state index is 12.7. The van der Waals surface area contributed by atoms with E-state index in [-0.39, 0.29) is 30.3 Å². The minimum absolute atomic E-state index is 0. The molecule has 0 unspecified atom stereocenters. The quantitative estimate of drug-likeness (QED) is 0.779. The van der Waals surface area contributed by atoms with Crippen molar-refractivity contribution in [3.8, 4) is 0 Å². The zero-order chi connectivity index (χ0) is 16.9. The van der Waals surface area contributed by atoms with Gasteiger partial charge in [-0.25, -0.2) is 4.79 Å². The number of carbonyl (C=O) groups is 2. The molecule has 6 nitrogen and oxygen atoms in total. The highest BCUT2D eigenvalue weighted by atomic mass is 35.5.